The van der Waals surface area contributed by atoms with Crippen molar-refractivity contribution < 1.29 is 14.3 Å². The van der Waals surface area contributed by atoms with E-state index in [1.807, 2.05) is 24.3 Å². The van der Waals surface area contributed by atoms with Crippen molar-refractivity contribution in [3.05, 3.63) is 64.9 Å². The van der Waals surface area contributed by atoms with E-state index in [0.717, 1.165) is 12.0 Å². The molecular weight excluding hydrogens is 328 g/mol. The van der Waals surface area contributed by atoms with Gasteiger partial charge in [-0.2, -0.15) is 0 Å². The molecule has 0 saturated heterocycles. The predicted molar refractivity (Wildman–Crippen MR) is 103 cm³/mol. The molecule has 1 amide bonds. The van der Waals surface area contributed by atoms with E-state index < -0.39 is 0 Å². The number of carbonyl (C=O) groups excluding carboxylic acids is 1. The fraction of sp³-hybridized carbons (Fsp3) is 0.238. The van der Waals surface area contributed by atoms with Gasteiger partial charge < -0.3 is 14.8 Å². The third-order valence-electron chi connectivity index (χ3n) is 4.37. The van der Waals surface area contributed by atoms with E-state index in [4.69, 9.17) is 9.47 Å². The van der Waals surface area contributed by atoms with Crippen LogP contribution in [0.2, 0.25) is 0 Å². The van der Waals surface area contributed by atoms with E-state index in [9.17, 15) is 4.79 Å². The molecule has 0 radical (unpaired) electrons. The van der Waals surface area contributed by atoms with Crippen molar-refractivity contribution in [3.8, 4) is 11.5 Å². The molecule has 1 aliphatic rings. The number of aryl methyl sites for hydroxylation is 2. The summed E-state index contributed by atoms with van der Waals surface area (Å²) < 4.78 is 10.6. The van der Waals surface area contributed by atoms with Gasteiger partial charge in [-0.25, -0.2) is 4.99 Å². The van der Waals surface area contributed by atoms with Crippen LogP contribution in [0.3, 0.4) is 0 Å². The largest absolute Gasteiger partial charge is 0.497 e. The lowest BCUT2D eigenvalue weighted by Gasteiger charge is -2.07. The summed E-state index contributed by atoms with van der Waals surface area (Å²) >= 11 is 0. The Balaban J connectivity index is 1.79. The Kier molecular flexibility index (Phi) is 5.37. The highest BCUT2D eigenvalue weighted by molar-refractivity contribution is 6.14. The maximum absolute atomic E-state index is 12.3. The Morgan fingerprint density at radius 3 is 2.62 bits per heavy atom. The second kappa shape index (κ2) is 7.87. The molecule has 0 saturated carbocycles. The molecule has 5 nitrogen and oxygen atoms in total. The molecule has 3 rings (SSSR count). The zero-order chi connectivity index (χ0) is 18.5. The van der Waals surface area contributed by atoms with E-state index in [1.54, 1.807) is 26.4 Å². The topological polar surface area (TPSA) is 59.9 Å². The first-order chi connectivity index (χ1) is 12.6. The summed E-state index contributed by atoms with van der Waals surface area (Å²) in [4.78, 5) is 16.7. The molecule has 1 aliphatic heterocycles. The molecular formula is C21H22N2O3. The van der Waals surface area contributed by atoms with Gasteiger partial charge in [0, 0.05) is 12.0 Å². The number of methoxy groups -OCH3 is 2. The molecule has 0 bridgehead atoms. The van der Waals surface area contributed by atoms with Gasteiger partial charge in [0.25, 0.3) is 5.91 Å². The molecule has 0 aliphatic carbocycles. The van der Waals surface area contributed by atoms with E-state index in [1.165, 1.54) is 11.1 Å². The summed E-state index contributed by atoms with van der Waals surface area (Å²) in [5.41, 5.74) is 3.63. The molecule has 0 aromatic heterocycles. The minimum absolute atomic E-state index is 0.199. The van der Waals surface area contributed by atoms with Gasteiger partial charge in [-0.05, 0) is 48.7 Å². The monoisotopic (exact) mass is 350 g/mol. The Morgan fingerprint density at radius 2 is 1.88 bits per heavy atom. The molecule has 1 N–H and O–H groups in total. The molecule has 0 unspecified atom stereocenters. The van der Waals surface area contributed by atoms with Crippen molar-refractivity contribution in [2.75, 3.05) is 14.2 Å². The number of amides is 1. The van der Waals surface area contributed by atoms with Crippen LogP contribution in [0.4, 0.5) is 0 Å². The lowest BCUT2D eigenvalue weighted by atomic mass is 10.0. The van der Waals surface area contributed by atoms with Crippen LogP contribution in [0.1, 0.15) is 23.1 Å². The van der Waals surface area contributed by atoms with Crippen LogP contribution in [0.15, 0.2) is 53.2 Å². The highest BCUT2D eigenvalue weighted by Gasteiger charge is 2.20. The fourth-order valence-corrected chi connectivity index (χ4v) is 2.88. The Labute approximate surface area is 153 Å². The van der Waals surface area contributed by atoms with Gasteiger partial charge in [0.05, 0.1) is 14.2 Å². The standard InChI is InChI=1S/C21H22N2O3/c1-14-6-4-5-7-15(14)8-11-20-22-18(21(24)23-20)13-16-12-17(25-2)9-10-19(16)26-3/h4-7,9-10,12-13H,8,11H2,1-3H3,(H,22,23,24)/b18-13-. The third kappa shape index (κ3) is 3.94. The van der Waals surface area contributed by atoms with E-state index in [2.05, 4.69) is 29.4 Å². The lowest BCUT2D eigenvalue weighted by molar-refractivity contribution is -0.115. The normalized spacial score (nSPS) is 15.0. The number of hydrogen-bond donors (Lipinski definition) is 1. The second-order valence-electron chi connectivity index (χ2n) is 6.08. The molecule has 2 aromatic carbocycles. The first-order valence-corrected chi connectivity index (χ1v) is 8.48. The van der Waals surface area contributed by atoms with Gasteiger partial charge in [-0.1, -0.05) is 24.3 Å². The maximum Gasteiger partial charge on any atom is 0.275 e. The first kappa shape index (κ1) is 17.7. The van der Waals surface area contributed by atoms with Gasteiger partial charge in [0.2, 0.25) is 0 Å². The minimum atomic E-state index is -0.199. The van der Waals surface area contributed by atoms with Gasteiger partial charge in [0.15, 0.2) is 0 Å². The summed E-state index contributed by atoms with van der Waals surface area (Å²) in [6.07, 6.45) is 3.24. The minimum Gasteiger partial charge on any atom is -0.497 e. The molecule has 26 heavy (non-hydrogen) atoms. The van der Waals surface area contributed by atoms with Crippen LogP contribution in [0.25, 0.3) is 6.08 Å². The highest BCUT2D eigenvalue weighted by Crippen LogP contribution is 2.27. The van der Waals surface area contributed by atoms with Gasteiger partial charge in [-0.3, -0.25) is 4.79 Å². The SMILES string of the molecule is COc1ccc(OC)c(/C=C2\N=C(CCc3ccccc3C)NC2=O)c1. The quantitative estimate of drug-likeness (QED) is 0.811. The number of amidine groups is 1. The number of aliphatic imine (C=N–C) groups is 1. The van der Waals surface area contributed by atoms with E-state index in [-0.39, 0.29) is 5.91 Å². The van der Waals surface area contributed by atoms with Crippen molar-refractivity contribution >= 4 is 17.8 Å². The summed E-state index contributed by atoms with van der Waals surface area (Å²) in [6, 6.07) is 13.7. The molecule has 0 spiro atoms. The zero-order valence-electron chi connectivity index (χ0n) is 15.2. The summed E-state index contributed by atoms with van der Waals surface area (Å²) in [5.74, 6) is 1.84. The number of ether oxygens (including phenoxy) is 2. The maximum atomic E-state index is 12.3. The van der Waals surface area contributed by atoms with Gasteiger partial charge in [0.1, 0.15) is 23.0 Å². The van der Waals surface area contributed by atoms with Crippen molar-refractivity contribution in [2.45, 2.75) is 19.8 Å². The smallest absolute Gasteiger partial charge is 0.275 e. The Hall–Kier alpha value is -3.08. The number of nitrogens with zero attached hydrogens (tertiary/aromatic N) is 1. The number of benzene rings is 2. The van der Waals surface area contributed by atoms with Crippen molar-refractivity contribution in [1.82, 2.24) is 5.32 Å². The van der Waals surface area contributed by atoms with Crippen LogP contribution >= 0.6 is 0 Å². The summed E-state index contributed by atoms with van der Waals surface area (Å²) in [7, 11) is 3.19. The van der Waals surface area contributed by atoms with Crippen LogP contribution in [-0.4, -0.2) is 26.0 Å². The molecule has 0 atom stereocenters. The van der Waals surface area contributed by atoms with Crippen LogP contribution in [0.5, 0.6) is 11.5 Å². The summed E-state index contributed by atoms with van der Waals surface area (Å²) in [5, 5.41) is 2.85. The zero-order valence-corrected chi connectivity index (χ0v) is 15.2. The molecule has 134 valence electrons. The van der Waals surface area contributed by atoms with Crippen LogP contribution in [0, 0.1) is 6.92 Å². The highest BCUT2D eigenvalue weighted by atomic mass is 16.5. The Bertz CT molecular complexity index is 885. The molecule has 0 fully saturated rings. The first-order valence-electron chi connectivity index (χ1n) is 8.48. The number of carbonyl (C=O) groups is 1. The van der Waals surface area contributed by atoms with Crippen molar-refractivity contribution in [2.24, 2.45) is 4.99 Å². The lowest BCUT2D eigenvalue weighted by Crippen LogP contribution is -2.24. The Morgan fingerprint density at radius 1 is 1.08 bits per heavy atom. The predicted octanol–water partition coefficient (Wildman–Crippen LogP) is 3.51. The fourth-order valence-electron chi connectivity index (χ4n) is 2.88. The molecule has 1 heterocycles. The number of hydrogen-bond acceptors (Lipinski definition) is 4. The summed E-state index contributed by atoms with van der Waals surface area (Å²) in [6.45, 7) is 2.09. The average molecular weight is 350 g/mol. The van der Waals surface area contributed by atoms with Crippen molar-refractivity contribution in [3.63, 3.8) is 0 Å². The van der Waals surface area contributed by atoms with E-state index >= 15 is 0 Å². The van der Waals surface area contributed by atoms with Crippen molar-refractivity contribution in [1.29, 1.82) is 0 Å². The second-order valence-corrected chi connectivity index (χ2v) is 6.08. The van der Waals surface area contributed by atoms with Gasteiger partial charge in [-0.15, -0.1) is 0 Å². The molecule has 5 heteroatoms. The van der Waals surface area contributed by atoms with Gasteiger partial charge >= 0.3 is 0 Å². The average Bonchev–Trinajstić information content (AvgIpc) is 3.00. The molecule has 2 aromatic rings. The van der Waals surface area contributed by atoms with Crippen LogP contribution < -0.4 is 14.8 Å². The van der Waals surface area contributed by atoms with E-state index in [0.29, 0.717) is 29.5 Å². The number of rotatable bonds is 6. The van der Waals surface area contributed by atoms with Crippen LogP contribution in [-0.2, 0) is 11.2 Å². The number of nitrogens with one attached hydrogen (secondary N) is 1. The third-order valence-corrected chi connectivity index (χ3v) is 4.37.